The molecule has 0 unspecified atom stereocenters. The van der Waals surface area contributed by atoms with Gasteiger partial charge in [-0.3, -0.25) is 0 Å². The van der Waals surface area contributed by atoms with E-state index >= 15 is 0 Å². The summed E-state index contributed by atoms with van der Waals surface area (Å²) >= 11 is 0. The Bertz CT molecular complexity index is 440. The molecule has 1 aromatic carbocycles. The Balaban J connectivity index is 2.31. The summed E-state index contributed by atoms with van der Waals surface area (Å²) in [4.78, 5) is 0. The van der Waals surface area contributed by atoms with Crippen LogP contribution in [0.25, 0.3) is 0 Å². The van der Waals surface area contributed by atoms with Crippen LogP contribution in [0.4, 0.5) is 0 Å². The molecule has 0 atom stereocenters. The third kappa shape index (κ3) is 6.12. The fourth-order valence-corrected chi connectivity index (χ4v) is 10.2. The highest BCUT2D eigenvalue weighted by atomic mass is 28.3. The second-order valence-corrected chi connectivity index (χ2v) is 14.0. The van der Waals surface area contributed by atoms with E-state index in [1.165, 1.54) is 18.9 Å². The number of hydrogen-bond donors (Lipinski definition) is 0. The minimum Gasteiger partial charge on any atom is -0.494 e. The summed E-state index contributed by atoms with van der Waals surface area (Å²) in [5, 5.41) is 0. The SMILES string of the molecule is CC(C)[Si](C/C=C\CCCCOc1ccccc1)(C(C)C)C(C)C. The molecule has 24 heavy (non-hydrogen) atoms. The summed E-state index contributed by atoms with van der Waals surface area (Å²) in [5.41, 5.74) is 2.55. The highest BCUT2D eigenvalue weighted by molar-refractivity contribution is 6.83. The van der Waals surface area contributed by atoms with E-state index < -0.39 is 8.07 Å². The van der Waals surface area contributed by atoms with Crippen molar-refractivity contribution in [1.82, 2.24) is 0 Å². The monoisotopic (exact) mass is 346 g/mol. The highest BCUT2D eigenvalue weighted by Crippen LogP contribution is 2.44. The summed E-state index contributed by atoms with van der Waals surface area (Å²) in [6.07, 6.45) is 8.42. The van der Waals surface area contributed by atoms with Crippen LogP contribution in [0.5, 0.6) is 5.75 Å². The fourth-order valence-electron chi connectivity index (χ4n) is 4.18. The third-order valence-corrected chi connectivity index (χ3v) is 13.0. The predicted molar refractivity (Wildman–Crippen MR) is 111 cm³/mol. The van der Waals surface area contributed by atoms with E-state index in [0.717, 1.165) is 35.4 Å². The first-order valence-electron chi connectivity index (χ1n) is 9.74. The molecule has 1 nitrogen and oxygen atoms in total. The maximum atomic E-state index is 5.74. The van der Waals surface area contributed by atoms with Crippen LogP contribution in [0.15, 0.2) is 42.5 Å². The van der Waals surface area contributed by atoms with E-state index in [0.29, 0.717) is 0 Å². The molecule has 0 spiro atoms. The number of unbranched alkanes of at least 4 members (excludes halogenated alkanes) is 2. The molecule has 0 aliphatic carbocycles. The minimum absolute atomic E-state index is 0.820. The Morgan fingerprint density at radius 1 is 0.833 bits per heavy atom. The summed E-state index contributed by atoms with van der Waals surface area (Å²) in [6, 6.07) is 11.4. The fraction of sp³-hybridized carbons (Fsp3) is 0.636. The number of rotatable bonds is 11. The second kappa shape index (κ2) is 10.8. The molecule has 0 aromatic heterocycles. The zero-order chi connectivity index (χ0) is 18.0. The molecule has 136 valence electrons. The van der Waals surface area contributed by atoms with Gasteiger partial charge < -0.3 is 4.74 Å². The average Bonchev–Trinajstić information content (AvgIpc) is 2.53. The molecule has 2 heteroatoms. The predicted octanol–water partition coefficient (Wildman–Crippen LogP) is 7.47. The summed E-state index contributed by atoms with van der Waals surface area (Å²) in [7, 11) is -1.26. The van der Waals surface area contributed by atoms with Gasteiger partial charge in [0.25, 0.3) is 0 Å². The van der Waals surface area contributed by atoms with Crippen LogP contribution in [0.3, 0.4) is 0 Å². The Morgan fingerprint density at radius 2 is 1.42 bits per heavy atom. The number of ether oxygens (including phenoxy) is 1. The number of hydrogen-bond acceptors (Lipinski definition) is 1. The largest absolute Gasteiger partial charge is 0.494 e. The molecule has 0 N–H and O–H groups in total. The Morgan fingerprint density at radius 3 is 1.96 bits per heavy atom. The lowest BCUT2D eigenvalue weighted by Gasteiger charge is -2.42. The van der Waals surface area contributed by atoms with Gasteiger partial charge in [-0.2, -0.15) is 0 Å². The van der Waals surface area contributed by atoms with Crippen LogP contribution in [0.1, 0.15) is 60.8 Å². The molecular formula is C22H38OSi. The zero-order valence-corrected chi connectivity index (χ0v) is 17.7. The normalized spacial score (nSPS) is 12.7. The van der Waals surface area contributed by atoms with Crippen LogP contribution in [0, 0.1) is 0 Å². The van der Waals surface area contributed by atoms with Crippen LogP contribution < -0.4 is 4.74 Å². The van der Waals surface area contributed by atoms with Crippen molar-refractivity contribution >= 4 is 8.07 Å². The number of benzene rings is 1. The Kier molecular flexibility index (Phi) is 9.43. The van der Waals surface area contributed by atoms with E-state index in [-0.39, 0.29) is 0 Å². The van der Waals surface area contributed by atoms with Gasteiger partial charge in [0.2, 0.25) is 0 Å². The Labute approximate surface area is 151 Å². The minimum atomic E-state index is -1.26. The molecule has 0 amide bonds. The molecule has 0 radical (unpaired) electrons. The Hall–Kier alpha value is -1.02. The first kappa shape index (κ1) is 21.0. The van der Waals surface area contributed by atoms with Crippen molar-refractivity contribution in [1.29, 1.82) is 0 Å². The molecule has 0 fully saturated rings. The smallest absolute Gasteiger partial charge is 0.119 e. The van der Waals surface area contributed by atoms with Crippen molar-refractivity contribution in [3.05, 3.63) is 42.5 Å². The summed E-state index contributed by atoms with van der Waals surface area (Å²) in [5.74, 6) is 0.981. The van der Waals surface area contributed by atoms with E-state index in [1.54, 1.807) is 0 Å². The maximum Gasteiger partial charge on any atom is 0.119 e. The van der Waals surface area contributed by atoms with Gasteiger partial charge in [0.1, 0.15) is 5.75 Å². The van der Waals surface area contributed by atoms with Crippen LogP contribution in [0.2, 0.25) is 22.7 Å². The van der Waals surface area contributed by atoms with Gasteiger partial charge in [-0.1, -0.05) is 88.5 Å². The van der Waals surface area contributed by atoms with E-state index in [4.69, 9.17) is 4.74 Å². The standard InChI is InChI=1S/C22H38OSi/c1-19(2)24(20(3)4,21(5)6)18-14-9-7-8-13-17-23-22-15-11-10-12-16-22/h9-12,14-16,19-21H,7-8,13,17-18H2,1-6H3/b14-9-. The first-order chi connectivity index (χ1) is 11.4. The van der Waals surface area contributed by atoms with Crippen molar-refractivity contribution in [3.8, 4) is 5.75 Å². The average molecular weight is 347 g/mol. The van der Waals surface area contributed by atoms with Gasteiger partial charge in [-0.15, -0.1) is 0 Å². The van der Waals surface area contributed by atoms with Gasteiger partial charge in [-0.05, 0) is 37.4 Å². The van der Waals surface area contributed by atoms with E-state index in [9.17, 15) is 0 Å². The van der Waals surface area contributed by atoms with Crippen molar-refractivity contribution in [2.45, 2.75) is 83.5 Å². The third-order valence-electron chi connectivity index (χ3n) is 5.64. The van der Waals surface area contributed by atoms with Gasteiger partial charge in [0.15, 0.2) is 0 Å². The molecular weight excluding hydrogens is 308 g/mol. The van der Waals surface area contributed by atoms with Crippen molar-refractivity contribution in [2.75, 3.05) is 6.61 Å². The zero-order valence-electron chi connectivity index (χ0n) is 16.7. The van der Waals surface area contributed by atoms with Crippen LogP contribution in [-0.2, 0) is 0 Å². The molecule has 0 aliphatic rings. The molecule has 1 aromatic rings. The molecule has 1 rings (SSSR count). The lowest BCUT2D eigenvalue weighted by atomic mass is 10.2. The molecule has 0 saturated heterocycles. The van der Waals surface area contributed by atoms with Crippen molar-refractivity contribution < 1.29 is 4.74 Å². The van der Waals surface area contributed by atoms with Gasteiger partial charge in [0, 0.05) is 0 Å². The maximum absolute atomic E-state index is 5.74. The van der Waals surface area contributed by atoms with Crippen LogP contribution >= 0.6 is 0 Å². The molecule has 0 heterocycles. The summed E-state index contributed by atoms with van der Waals surface area (Å²) in [6.45, 7) is 15.5. The van der Waals surface area contributed by atoms with Gasteiger partial charge >= 0.3 is 0 Å². The number of allylic oxidation sites excluding steroid dienone is 2. The van der Waals surface area contributed by atoms with E-state index in [1.807, 2.05) is 30.3 Å². The van der Waals surface area contributed by atoms with E-state index in [2.05, 4.69) is 53.7 Å². The van der Waals surface area contributed by atoms with Crippen LogP contribution in [-0.4, -0.2) is 14.7 Å². The summed E-state index contributed by atoms with van der Waals surface area (Å²) < 4.78 is 5.74. The topological polar surface area (TPSA) is 9.23 Å². The lowest BCUT2D eigenvalue weighted by molar-refractivity contribution is 0.307. The van der Waals surface area contributed by atoms with Crippen molar-refractivity contribution in [3.63, 3.8) is 0 Å². The molecule has 0 bridgehead atoms. The number of para-hydroxylation sites is 1. The van der Waals surface area contributed by atoms with Gasteiger partial charge in [0.05, 0.1) is 14.7 Å². The quantitative estimate of drug-likeness (QED) is 0.229. The molecule has 0 aliphatic heterocycles. The lowest BCUT2D eigenvalue weighted by Crippen LogP contribution is -2.43. The second-order valence-electron chi connectivity index (χ2n) is 7.91. The highest BCUT2D eigenvalue weighted by Gasteiger charge is 2.41. The van der Waals surface area contributed by atoms with Gasteiger partial charge in [-0.25, -0.2) is 0 Å². The van der Waals surface area contributed by atoms with Crippen molar-refractivity contribution in [2.24, 2.45) is 0 Å². The first-order valence-corrected chi connectivity index (χ1v) is 12.2. The molecule has 0 saturated carbocycles.